The maximum Gasteiger partial charge on any atom is 0.254 e. The van der Waals surface area contributed by atoms with Gasteiger partial charge in [0.1, 0.15) is 0 Å². The lowest BCUT2D eigenvalue weighted by Crippen LogP contribution is -2.39. The molecule has 0 saturated carbocycles. The van der Waals surface area contributed by atoms with Crippen LogP contribution in [0.1, 0.15) is 10.4 Å². The average Bonchev–Trinajstić information content (AvgIpc) is 2.43. The highest BCUT2D eigenvalue weighted by atomic mass is 35.5. The molecule has 0 bridgehead atoms. The van der Waals surface area contributed by atoms with Crippen molar-refractivity contribution in [2.24, 2.45) is 0 Å². The van der Waals surface area contributed by atoms with E-state index < -0.39 is 0 Å². The summed E-state index contributed by atoms with van der Waals surface area (Å²) in [6.45, 7) is 0.714. The van der Waals surface area contributed by atoms with Crippen LogP contribution in [-0.4, -0.2) is 50.6 Å². The highest BCUT2D eigenvalue weighted by Gasteiger charge is 2.17. The van der Waals surface area contributed by atoms with Crippen molar-refractivity contribution in [3.63, 3.8) is 0 Å². The van der Waals surface area contributed by atoms with Crippen LogP contribution in [0.3, 0.4) is 0 Å². The number of halogens is 2. The van der Waals surface area contributed by atoms with Crippen molar-refractivity contribution in [2.45, 2.75) is 0 Å². The van der Waals surface area contributed by atoms with Crippen molar-refractivity contribution in [3.05, 3.63) is 27.7 Å². The van der Waals surface area contributed by atoms with E-state index in [9.17, 15) is 9.59 Å². The van der Waals surface area contributed by atoms with Crippen LogP contribution < -0.4 is 11.1 Å². The van der Waals surface area contributed by atoms with Crippen LogP contribution in [0.15, 0.2) is 12.1 Å². The van der Waals surface area contributed by atoms with Crippen LogP contribution in [0.25, 0.3) is 0 Å². The summed E-state index contributed by atoms with van der Waals surface area (Å²) in [6, 6.07) is 2.84. The highest BCUT2D eigenvalue weighted by molar-refractivity contribution is 6.39. The summed E-state index contributed by atoms with van der Waals surface area (Å²) in [6.07, 6.45) is 0. The number of anilines is 1. The predicted octanol–water partition coefficient (Wildman–Crippen LogP) is 1.41. The number of nitrogens with two attached hydrogens (primary N) is 1. The summed E-state index contributed by atoms with van der Waals surface area (Å²) in [5, 5.41) is 3.02. The Morgan fingerprint density at radius 3 is 2.43 bits per heavy atom. The Morgan fingerprint density at radius 1 is 1.33 bits per heavy atom. The lowest BCUT2D eigenvalue weighted by Gasteiger charge is -2.17. The molecule has 6 nitrogen and oxygen atoms in total. The van der Waals surface area contributed by atoms with E-state index in [-0.39, 0.29) is 39.7 Å². The second kappa shape index (κ2) is 8.07. The number of benzene rings is 1. The van der Waals surface area contributed by atoms with Crippen LogP contribution >= 0.6 is 23.2 Å². The molecule has 1 rings (SSSR count). The van der Waals surface area contributed by atoms with Crippen molar-refractivity contribution < 1.29 is 14.3 Å². The van der Waals surface area contributed by atoms with Gasteiger partial charge in [0.25, 0.3) is 5.91 Å². The van der Waals surface area contributed by atoms with Gasteiger partial charge in [0.05, 0.1) is 28.9 Å². The SMILES string of the molecule is COCCNC(=O)CN(C)C(=O)c1cc(Cl)c(N)c(Cl)c1. The first-order valence-corrected chi connectivity index (χ1v) is 6.88. The number of nitrogens with zero attached hydrogens (tertiary/aromatic N) is 1. The molecule has 0 aliphatic rings. The van der Waals surface area contributed by atoms with E-state index in [2.05, 4.69) is 5.32 Å². The number of carbonyl (C=O) groups is 2. The molecule has 8 heteroatoms. The third kappa shape index (κ3) is 5.08. The summed E-state index contributed by atoms with van der Waals surface area (Å²) < 4.78 is 4.82. The minimum Gasteiger partial charge on any atom is -0.396 e. The van der Waals surface area contributed by atoms with Gasteiger partial charge in [-0.1, -0.05) is 23.2 Å². The molecule has 0 saturated heterocycles. The zero-order valence-corrected chi connectivity index (χ0v) is 13.3. The highest BCUT2D eigenvalue weighted by Crippen LogP contribution is 2.29. The number of carbonyl (C=O) groups excluding carboxylic acids is 2. The molecule has 0 spiro atoms. The van der Waals surface area contributed by atoms with Crippen molar-refractivity contribution in [2.75, 3.05) is 39.6 Å². The van der Waals surface area contributed by atoms with Crippen LogP contribution in [0.5, 0.6) is 0 Å². The van der Waals surface area contributed by atoms with Gasteiger partial charge < -0.3 is 20.7 Å². The number of nitrogens with one attached hydrogen (secondary N) is 1. The van der Waals surface area contributed by atoms with E-state index in [4.69, 9.17) is 33.7 Å². The van der Waals surface area contributed by atoms with E-state index in [0.717, 1.165) is 0 Å². The van der Waals surface area contributed by atoms with Crippen molar-refractivity contribution in [1.29, 1.82) is 0 Å². The van der Waals surface area contributed by atoms with Gasteiger partial charge in [-0.15, -0.1) is 0 Å². The molecule has 1 aromatic rings. The summed E-state index contributed by atoms with van der Waals surface area (Å²) in [5.41, 5.74) is 6.10. The Kier molecular flexibility index (Phi) is 6.74. The van der Waals surface area contributed by atoms with Crippen molar-refractivity contribution in [1.82, 2.24) is 10.2 Å². The molecular weight excluding hydrogens is 317 g/mol. The van der Waals surface area contributed by atoms with Crippen LogP contribution in [0.2, 0.25) is 10.0 Å². The number of nitrogen functional groups attached to an aromatic ring is 1. The molecular formula is C13H17Cl2N3O3. The molecule has 116 valence electrons. The molecule has 0 radical (unpaired) electrons. The minimum atomic E-state index is -0.374. The average molecular weight is 334 g/mol. The van der Waals surface area contributed by atoms with E-state index in [1.165, 1.54) is 31.2 Å². The van der Waals surface area contributed by atoms with Crippen molar-refractivity contribution >= 4 is 40.7 Å². The molecule has 0 atom stereocenters. The summed E-state index contributed by atoms with van der Waals surface area (Å²) >= 11 is 11.8. The molecule has 1 aromatic carbocycles. The third-order valence-electron chi connectivity index (χ3n) is 2.68. The standard InChI is InChI=1S/C13H17Cl2N3O3/c1-18(7-11(19)17-3-4-21-2)13(20)8-5-9(14)12(16)10(15)6-8/h5-6H,3-4,7,16H2,1-2H3,(H,17,19). The Labute approximate surface area is 133 Å². The van der Waals surface area contributed by atoms with Gasteiger partial charge in [-0.2, -0.15) is 0 Å². The van der Waals surface area contributed by atoms with Crippen molar-refractivity contribution in [3.8, 4) is 0 Å². The number of hydrogen-bond donors (Lipinski definition) is 2. The Bertz CT molecular complexity index is 514. The Balaban J connectivity index is 2.68. The van der Waals surface area contributed by atoms with Crippen LogP contribution in [0.4, 0.5) is 5.69 Å². The third-order valence-corrected chi connectivity index (χ3v) is 3.31. The first-order chi connectivity index (χ1) is 9.86. The van der Waals surface area contributed by atoms with Gasteiger partial charge >= 0.3 is 0 Å². The monoisotopic (exact) mass is 333 g/mol. The summed E-state index contributed by atoms with van der Waals surface area (Å²) in [5.74, 6) is -0.656. The fourth-order valence-electron chi connectivity index (χ4n) is 1.56. The molecule has 21 heavy (non-hydrogen) atoms. The van der Waals surface area contributed by atoms with Crippen LogP contribution in [-0.2, 0) is 9.53 Å². The Hall–Kier alpha value is -1.50. The van der Waals surface area contributed by atoms with Crippen LogP contribution in [0, 0.1) is 0 Å². The van der Waals surface area contributed by atoms with Gasteiger partial charge in [-0.05, 0) is 12.1 Å². The first-order valence-electron chi connectivity index (χ1n) is 6.12. The predicted molar refractivity (Wildman–Crippen MR) is 82.7 cm³/mol. The molecule has 0 aliphatic heterocycles. The van der Waals surface area contributed by atoms with E-state index in [0.29, 0.717) is 13.2 Å². The van der Waals surface area contributed by atoms with Gasteiger partial charge in [-0.25, -0.2) is 0 Å². The second-order valence-corrected chi connectivity index (χ2v) is 5.17. The van der Waals surface area contributed by atoms with E-state index in [1.807, 2.05) is 0 Å². The molecule has 0 aliphatic carbocycles. The fraction of sp³-hybridized carbons (Fsp3) is 0.385. The van der Waals surface area contributed by atoms with Gasteiger partial charge in [-0.3, -0.25) is 9.59 Å². The zero-order valence-electron chi connectivity index (χ0n) is 11.8. The molecule has 0 fully saturated rings. The first kappa shape index (κ1) is 17.6. The zero-order chi connectivity index (χ0) is 16.0. The summed E-state index contributed by atoms with van der Waals surface area (Å²) in [7, 11) is 3.05. The van der Waals surface area contributed by atoms with Gasteiger partial charge in [0.2, 0.25) is 5.91 Å². The molecule has 0 aromatic heterocycles. The molecule has 0 unspecified atom stereocenters. The number of likely N-dealkylation sites (N-methyl/N-ethyl adjacent to an activating group) is 1. The number of ether oxygens (including phenoxy) is 1. The smallest absolute Gasteiger partial charge is 0.254 e. The lowest BCUT2D eigenvalue weighted by atomic mass is 10.2. The second-order valence-electron chi connectivity index (χ2n) is 4.36. The Morgan fingerprint density at radius 2 is 1.90 bits per heavy atom. The minimum absolute atomic E-state index is 0.0812. The largest absolute Gasteiger partial charge is 0.396 e. The fourth-order valence-corrected chi connectivity index (χ4v) is 2.05. The topological polar surface area (TPSA) is 84.7 Å². The number of rotatable bonds is 6. The summed E-state index contributed by atoms with van der Waals surface area (Å²) in [4.78, 5) is 25.1. The van der Waals surface area contributed by atoms with E-state index >= 15 is 0 Å². The maximum atomic E-state index is 12.2. The number of methoxy groups -OCH3 is 1. The molecule has 0 heterocycles. The molecule has 3 N–H and O–H groups in total. The normalized spacial score (nSPS) is 10.3. The number of hydrogen-bond acceptors (Lipinski definition) is 4. The quantitative estimate of drug-likeness (QED) is 0.609. The van der Waals surface area contributed by atoms with Gasteiger partial charge in [0.15, 0.2) is 0 Å². The number of amides is 2. The van der Waals surface area contributed by atoms with E-state index in [1.54, 1.807) is 0 Å². The van der Waals surface area contributed by atoms with Gasteiger partial charge in [0, 0.05) is 26.3 Å². The lowest BCUT2D eigenvalue weighted by molar-refractivity contribution is -0.121. The molecule has 2 amide bonds. The maximum absolute atomic E-state index is 12.2.